The van der Waals surface area contributed by atoms with Crippen LogP contribution in [0.25, 0.3) is 0 Å². The van der Waals surface area contributed by atoms with E-state index in [1.54, 1.807) is 13.8 Å². The Morgan fingerprint density at radius 3 is 1.53 bits per heavy atom. The van der Waals surface area contributed by atoms with Gasteiger partial charge in [0, 0.05) is 13.8 Å². The third kappa shape index (κ3) is 9.17. The highest BCUT2D eigenvalue weighted by atomic mass is 16.8. The van der Waals surface area contributed by atoms with E-state index in [9.17, 15) is 9.59 Å². The Hall–Kier alpha value is -1.14. The van der Waals surface area contributed by atoms with Gasteiger partial charge in [0.15, 0.2) is 6.79 Å². The van der Waals surface area contributed by atoms with Gasteiger partial charge in [0.1, 0.15) is 0 Å². The zero-order chi connectivity index (χ0) is 11.8. The van der Waals surface area contributed by atoms with Crippen LogP contribution in [0.4, 0.5) is 0 Å². The van der Waals surface area contributed by atoms with Crippen molar-refractivity contribution in [1.29, 1.82) is 0 Å². The molecule has 0 heterocycles. The first-order valence-electron chi connectivity index (χ1n) is 4.49. The Kier molecular flexibility index (Phi) is 6.64. The van der Waals surface area contributed by atoms with E-state index in [1.807, 2.05) is 0 Å². The largest absolute Gasteiger partial charge is 0.436 e. The number of hydrogen-bond acceptors (Lipinski definition) is 6. The van der Waals surface area contributed by atoms with Gasteiger partial charge in [0.25, 0.3) is 0 Å². The van der Waals surface area contributed by atoms with Gasteiger partial charge in [-0.2, -0.15) is 0 Å². The molecule has 2 unspecified atom stereocenters. The van der Waals surface area contributed by atoms with E-state index in [4.69, 9.17) is 9.47 Å². The van der Waals surface area contributed by atoms with Crippen molar-refractivity contribution in [2.24, 2.45) is 0 Å². The predicted molar refractivity (Wildman–Crippen MR) is 49.5 cm³/mol. The van der Waals surface area contributed by atoms with E-state index in [-0.39, 0.29) is 6.79 Å². The molecular formula is C9H16O6. The van der Waals surface area contributed by atoms with Crippen LogP contribution in [0, 0.1) is 0 Å². The van der Waals surface area contributed by atoms with Gasteiger partial charge in [-0.25, -0.2) is 0 Å². The second kappa shape index (κ2) is 7.19. The van der Waals surface area contributed by atoms with Gasteiger partial charge >= 0.3 is 11.9 Å². The van der Waals surface area contributed by atoms with Crippen LogP contribution in [0.2, 0.25) is 0 Å². The summed E-state index contributed by atoms with van der Waals surface area (Å²) >= 11 is 0. The summed E-state index contributed by atoms with van der Waals surface area (Å²) in [5.74, 6) is -0.869. The first-order valence-corrected chi connectivity index (χ1v) is 4.49. The first kappa shape index (κ1) is 13.9. The van der Waals surface area contributed by atoms with E-state index in [0.29, 0.717) is 0 Å². The summed E-state index contributed by atoms with van der Waals surface area (Å²) < 4.78 is 19.2. The molecule has 15 heavy (non-hydrogen) atoms. The van der Waals surface area contributed by atoms with Crippen LogP contribution in [0.5, 0.6) is 0 Å². The zero-order valence-electron chi connectivity index (χ0n) is 9.31. The molecule has 88 valence electrons. The predicted octanol–water partition coefficient (Wildman–Crippen LogP) is 0.795. The van der Waals surface area contributed by atoms with Crippen molar-refractivity contribution in [3.05, 3.63) is 0 Å². The van der Waals surface area contributed by atoms with Crippen molar-refractivity contribution >= 4 is 11.9 Å². The molecule has 0 aliphatic rings. The minimum atomic E-state index is -0.688. The quantitative estimate of drug-likeness (QED) is 0.487. The fourth-order valence-corrected chi connectivity index (χ4v) is 0.766. The van der Waals surface area contributed by atoms with Crippen LogP contribution >= 0.6 is 0 Å². The molecule has 6 heteroatoms. The Balaban J connectivity index is 3.52. The average Bonchev–Trinajstić information content (AvgIpc) is 2.00. The SMILES string of the molecule is CC(=O)OC(C)OCOC(C)OC(C)=O. The lowest BCUT2D eigenvalue weighted by Crippen LogP contribution is -2.22. The van der Waals surface area contributed by atoms with Crippen LogP contribution in [0.1, 0.15) is 27.7 Å². The number of hydrogen-bond donors (Lipinski definition) is 0. The van der Waals surface area contributed by atoms with E-state index >= 15 is 0 Å². The third-order valence-electron chi connectivity index (χ3n) is 1.27. The van der Waals surface area contributed by atoms with Crippen molar-refractivity contribution in [2.75, 3.05) is 6.79 Å². The second-order valence-corrected chi connectivity index (χ2v) is 2.81. The summed E-state index contributed by atoms with van der Waals surface area (Å²) in [6.45, 7) is 5.55. The van der Waals surface area contributed by atoms with Crippen molar-refractivity contribution < 1.29 is 28.5 Å². The van der Waals surface area contributed by atoms with Gasteiger partial charge in [-0.3, -0.25) is 9.59 Å². The van der Waals surface area contributed by atoms with E-state index in [1.165, 1.54) is 13.8 Å². The summed E-state index contributed by atoms with van der Waals surface area (Å²) in [6, 6.07) is 0. The van der Waals surface area contributed by atoms with Gasteiger partial charge in [0.05, 0.1) is 0 Å². The molecule has 0 spiro atoms. The highest BCUT2D eigenvalue weighted by Crippen LogP contribution is 1.98. The summed E-state index contributed by atoms with van der Waals surface area (Å²) in [5, 5.41) is 0. The second-order valence-electron chi connectivity index (χ2n) is 2.81. The van der Waals surface area contributed by atoms with Crippen LogP contribution < -0.4 is 0 Å². The Labute approximate surface area is 88.4 Å². The maximum Gasteiger partial charge on any atom is 0.304 e. The molecule has 0 aromatic heterocycles. The molecule has 0 saturated carbocycles. The number of carbonyl (C=O) groups excluding carboxylic acids is 2. The first-order chi connectivity index (χ1) is 6.91. The normalized spacial score (nSPS) is 14.1. The molecule has 0 fully saturated rings. The number of rotatable bonds is 6. The molecule has 0 N–H and O–H groups in total. The van der Waals surface area contributed by atoms with Gasteiger partial charge in [-0.15, -0.1) is 0 Å². The van der Waals surface area contributed by atoms with Crippen molar-refractivity contribution in [3.8, 4) is 0 Å². The topological polar surface area (TPSA) is 71.1 Å². The third-order valence-corrected chi connectivity index (χ3v) is 1.27. The highest BCUT2D eigenvalue weighted by Gasteiger charge is 2.08. The molecule has 2 atom stereocenters. The minimum absolute atomic E-state index is 0.122. The summed E-state index contributed by atoms with van der Waals surface area (Å²) in [7, 11) is 0. The Morgan fingerprint density at radius 2 is 1.27 bits per heavy atom. The number of carbonyl (C=O) groups is 2. The van der Waals surface area contributed by atoms with Crippen LogP contribution in [0.15, 0.2) is 0 Å². The molecule has 0 amide bonds. The Morgan fingerprint density at radius 1 is 0.933 bits per heavy atom. The molecule has 0 aromatic rings. The summed E-state index contributed by atoms with van der Waals surface area (Å²) in [5.41, 5.74) is 0. The van der Waals surface area contributed by atoms with Gasteiger partial charge < -0.3 is 18.9 Å². The lowest BCUT2D eigenvalue weighted by atomic mass is 10.7. The van der Waals surface area contributed by atoms with Crippen molar-refractivity contribution in [2.45, 2.75) is 40.3 Å². The number of esters is 2. The van der Waals surface area contributed by atoms with Gasteiger partial charge in [-0.05, 0) is 13.8 Å². The zero-order valence-corrected chi connectivity index (χ0v) is 9.31. The molecule has 0 saturated heterocycles. The van der Waals surface area contributed by atoms with Crippen molar-refractivity contribution in [3.63, 3.8) is 0 Å². The summed E-state index contributed by atoms with van der Waals surface area (Å²) in [6.07, 6.45) is -1.38. The fourth-order valence-electron chi connectivity index (χ4n) is 0.766. The Bertz CT molecular complexity index is 193. The maximum absolute atomic E-state index is 10.5. The molecule has 0 bridgehead atoms. The molecule has 0 aliphatic carbocycles. The van der Waals surface area contributed by atoms with E-state index in [2.05, 4.69) is 9.47 Å². The van der Waals surface area contributed by atoms with E-state index < -0.39 is 24.5 Å². The monoisotopic (exact) mass is 220 g/mol. The van der Waals surface area contributed by atoms with Gasteiger partial charge in [0.2, 0.25) is 12.6 Å². The van der Waals surface area contributed by atoms with Crippen LogP contribution in [-0.4, -0.2) is 31.3 Å². The molecule has 0 radical (unpaired) electrons. The summed E-state index contributed by atoms with van der Waals surface area (Å²) in [4.78, 5) is 21.0. The molecular weight excluding hydrogens is 204 g/mol. The lowest BCUT2D eigenvalue weighted by molar-refractivity contribution is -0.230. The molecule has 6 nitrogen and oxygen atoms in total. The average molecular weight is 220 g/mol. The van der Waals surface area contributed by atoms with Gasteiger partial charge in [-0.1, -0.05) is 0 Å². The fraction of sp³-hybridized carbons (Fsp3) is 0.778. The standard InChI is InChI=1S/C9H16O6/c1-6(10)14-8(3)12-5-13-9(4)15-7(2)11/h8-9H,5H2,1-4H3. The van der Waals surface area contributed by atoms with Crippen LogP contribution in [0.3, 0.4) is 0 Å². The molecule has 0 aromatic carbocycles. The van der Waals surface area contributed by atoms with E-state index in [0.717, 1.165) is 0 Å². The molecule has 0 aliphatic heterocycles. The highest BCUT2D eigenvalue weighted by molar-refractivity contribution is 5.66. The smallest absolute Gasteiger partial charge is 0.304 e. The van der Waals surface area contributed by atoms with Crippen LogP contribution in [-0.2, 0) is 28.5 Å². The maximum atomic E-state index is 10.5. The number of ether oxygens (including phenoxy) is 4. The minimum Gasteiger partial charge on any atom is -0.436 e. The molecule has 0 rings (SSSR count). The van der Waals surface area contributed by atoms with Crippen molar-refractivity contribution in [1.82, 2.24) is 0 Å². The lowest BCUT2D eigenvalue weighted by Gasteiger charge is -2.16.